The maximum atomic E-state index is 12.8. The van der Waals surface area contributed by atoms with E-state index < -0.39 is 11.9 Å². The number of nitrogens with zero attached hydrogens (tertiary/aromatic N) is 4. The Balaban J connectivity index is 1.65. The van der Waals surface area contributed by atoms with Crippen LogP contribution in [0.25, 0.3) is 10.9 Å². The van der Waals surface area contributed by atoms with Crippen molar-refractivity contribution in [1.29, 1.82) is 0 Å². The number of amides is 1. The van der Waals surface area contributed by atoms with E-state index in [4.69, 9.17) is 11.6 Å². The van der Waals surface area contributed by atoms with Crippen LogP contribution in [0.15, 0.2) is 73.1 Å². The van der Waals surface area contributed by atoms with Gasteiger partial charge in [-0.15, -0.1) is 0 Å². The molecule has 0 radical (unpaired) electrons. The number of carbonyl (C=O) groups excluding carboxylic acids is 2. The molecule has 1 atom stereocenters. The lowest BCUT2D eigenvalue weighted by Gasteiger charge is -2.24. The van der Waals surface area contributed by atoms with Gasteiger partial charge in [0, 0.05) is 22.8 Å². The molecule has 0 bridgehead atoms. The number of hydrogen-bond donors (Lipinski definition) is 3. The molecule has 0 saturated carbocycles. The van der Waals surface area contributed by atoms with Crippen molar-refractivity contribution in [2.75, 3.05) is 10.3 Å². The van der Waals surface area contributed by atoms with Crippen LogP contribution < -0.4 is 21.9 Å². The molecule has 9 heteroatoms. The first kappa shape index (κ1) is 20.9. The van der Waals surface area contributed by atoms with Crippen molar-refractivity contribution in [3.63, 3.8) is 0 Å². The van der Waals surface area contributed by atoms with E-state index in [-0.39, 0.29) is 23.1 Å². The average Bonchev–Trinajstić information content (AvgIpc) is 2.83. The lowest BCUT2D eigenvalue weighted by Crippen LogP contribution is -2.45. The number of rotatable bonds is 7. The Morgan fingerprint density at radius 1 is 1.03 bits per heavy atom. The molecule has 2 heterocycles. The van der Waals surface area contributed by atoms with Crippen LogP contribution in [0, 0.1) is 0 Å². The molecule has 4 aromatic rings. The van der Waals surface area contributed by atoms with Gasteiger partial charge >= 0.3 is 0 Å². The molecule has 0 saturated heterocycles. The smallest absolute Gasteiger partial charge is 0.271 e. The largest absolute Gasteiger partial charge is 0.364 e. The van der Waals surface area contributed by atoms with Gasteiger partial charge < -0.3 is 11.1 Å². The molecule has 4 rings (SSSR count). The third kappa shape index (κ3) is 4.23. The third-order valence-electron chi connectivity index (χ3n) is 4.98. The SMILES string of the molecule is CC(C(=O)c1ccccc1)N(N)c1cnc(C(N)=O)c(Nc2ccc3ncccc3c2)n1. The van der Waals surface area contributed by atoms with Crippen molar-refractivity contribution >= 4 is 39.9 Å². The van der Waals surface area contributed by atoms with E-state index in [0.29, 0.717) is 11.3 Å². The summed E-state index contributed by atoms with van der Waals surface area (Å²) < 4.78 is 0. The summed E-state index contributed by atoms with van der Waals surface area (Å²) in [6, 6.07) is 17.4. The number of aromatic nitrogens is 3. The van der Waals surface area contributed by atoms with Crippen molar-refractivity contribution in [3.05, 3.63) is 84.3 Å². The lowest BCUT2D eigenvalue weighted by atomic mass is 10.1. The Hall–Kier alpha value is -4.37. The Morgan fingerprint density at radius 3 is 2.56 bits per heavy atom. The molecule has 0 aliphatic heterocycles. The van der Waals surface area contributed by atoms with Gasteiger partial charge in [-0.3, -0.25) is 19.6 Å². The molecule has 0 spiro atoms. The number of nitrogens with two attached hydrogens (primary N) is 2. The third-order valence-corrected chi connectivity index (χ3v) is 4.98. The fourth-order valence-electron chi connectivity index (χ4n) is 3.23. The highest BCUT2D eigenvalue weighted by Gasteiger charge is 2.23. The van der Waals surface area contributed by atoms with Crippen LogP contribution in [-0.2, 0) is 0 Å². The number of pyridine rings is 1. The molecule has 0 fully saturated rings. The summed E-state index contributed by atoms with van der Waals surface area (Å²) in [5.41, 5.74) is 7.45. The molecule has 5 N–H and O–H groups in total. The van der Waals surface area contributed by atoms with E-state index in [9.17, 15) is 9.59 Å². The minimum absolute atomic E-state index is 0.0459. The van der Waals surface area contributed by atoms with Crippen LogP contribution in [0.5, 0.6) is 0 Å². The molecule has 1 amide bonds. The highest BCUT2D eigenvalue weighted by atomic mass is 16.1. The van der Waals surface area contributed by atoms with Crippen LogP contribution in [0.4, 0.5) is 17.3 Å². The molecular weight excluding hydrogens is 406 g/mol. The van der Waals surface area contributed by atoms with Crippen LogP contribution in [0.3, 0.4) is 0 Å². The first-order valence-corrected chi connectivity index (χ1v) is 9.86. The van der Waals surface area contributed by atoms with E-state index in [0.717, 1.165) is 10.9 Å². The molecule has 9 nitrogen and oxygen atoms in total. The zero-order valence-electron chi connectivity index (χ0n) is 17.3. The number of anilines is 3. The van der Waals surface area contributed by atoms with Gasteiger partial charge in [-0.2, -0.15) is 0 Å². The van der Waals surface area contributed by atoms with Gasteiger partial charge in [0.15, 0.2) is 23.1 Å². The standard InChI is InChI=1S/C23H21N7O2/c1-14(21(31)15-6-3-2-4-7-15)30(25)19-13-27-20(22(24)32)23(29-19)28-17-9-10-18-16(12-17)8-5-11-26-18/h2-14H,25H2,1H3,(H2,24,32)(H,28,29). The summed E-state index contributed by atoms with van der Waals surface area (Å²) in [4.78, 5) is 37.5. The summed E-state index contributed by atoms with van der Waals surface area (Å²) in [5, 5.41) is 5.19. The Morgan fingerprint density at radius 2 is 1.81 bits per heavy atom. The number of ketones is 1. The maximum Gasteiger partial charge on any atom is 0.271 e. The summed E-state index contributed by atoms with van der Waals surface area (Å²) >= 11 is 0. The monoisotopic (exact) mass is 427 g/mol. The Kier molecular flexibility index (Phi) is 5.73. The zero-order chi connectivity index (χ0) is 22.7. The first-order chi connectivity index (χ1) is 15.4. The molecular formula is C23H21N7O2. The van der Waals surface area contributed by atoms with E-state index in [1.54, 1.807) is 43.5 Å². The minimum Gasteiger partial charge on any atom is -0.364 e. The van der Waals surface area contributed by atoms with Crippen molar-refractivity contribution in [2.24, 2.45) is 11.6 Å². The highest BCUT2D eigenvalue weighted by molar-refractivity contribution is 6.01. The second kappa shape index (κ2) is 8.78. The number of benzene rings is 2. The normalized spacial score (nSPS) is 11.7. The van der Waals surface area contributed by atoms with Crippen LogP contribution in [-0.4, -0.2) is 32.7 Å². The zero-order valence-corrected chi connectivity index (χ0v) is 17.3. The summed E-state index contributed by atoms with van der Waals surface area (Å²) in [7, 11) is 0. The van der Waals surface area contributed by atoms with Crippen molar-refractivity contribution in [2.45, 2.75) is 13.0 Å². The van der Waals surface area contributed by atoms with Gasteiger partial charge in [0.25, 0.3) is 5.91 Å². The predicted octanol–water partition coefficient (Wildman–Crippen LogP) is 2.82. The number of fused-ring (bicyclic) bond motifs is 1. The first-order valence-electron chi connectivity index (χ1n) is 9.86. The fourth-order valence-corrected chi connectivity index (χ4v) is 3.23. The molecule has 2 aromatic heterocycles. The fraction of sp³-hybridized carbons (Fsp3) is 0.0870. The second-order valence-electron chi connectivity index (χ2n) is 7.14. The molecule has 160 valence electrons. The van der Waals surface area contributed by atoms with Crippen LogP contribution in [0.1, 0.15) is 27.8 Å². The summed E-state index contributed by atoms with van der Waals surface area (Å²) in [6.07, 6.45) is 3.02. The summed E-state index contributed by atoms with van der Waals surface area (Å²) in [5.74, 6) is 5.62. The van der Waals surface area contributed by atoms with Gasteiger partial charge in [-0.05, 0) is 31.2 Å². The van der Waals surface area contributed by atoms with Gasteiger partial charge in [0.1, 0.15) is 6.04 Å². The molecule has 1 unspecified atom stereocenters. The van der Waals surface area contributed by atoms with Crippen molar-refractivity contribution < 1.29 is 9.59 Å². The van der Waals surface area contributed by atoms with E-state index in [1.807, 2.05) is 30.3 Å². The van der Waals surface area contributed by atoms with E-state index in [1.165, 1.54) is 11.2 Å². The van der Waals surface area contributed by atoms with Crippen molar-refractivity contribution in [3.8, 4) is 0 Å². The molecule has 2 aromatic carbocycles. The molecule has 0 aliphatic carbocycles. The number of Topliss-reactive ketones (excluding diaryl/α,β-unsaturated/α-hetero) is 1. The van der Waals surface area contributed by atoms with Gasteiger partial charge in [-0.25, -0.2) is 15.8 Å². The predicted molar refractivity (Wildman–Crippen MR) is 122 cm³/mol. The quantitative estimate of drug-likeness (QED) is 0.232. The number of nitrogens with one attached hydrogen (secondary N) is 1. The number of primary amides is 1. The summed E-state index contributed by atoms with van der Waals surface area (Å²) in [6.45, 7) is 1.67. The van der Waals surface area contributed by atoms with E-state index in [2.05, 4.69) is 20.3 Å². The average molecular weight is 427 g/mol. The minimum atomic E-state index is -0.744. The number of hydrogen-bond acceptors (Lipinski definition) is 8. The number of hydrazine groups is 1. The van der Waals surface area contributed by atoms with Gasteiger partial charge in [0.2, 0.25) is 0 Å². The van der Waals surface area contributed by atoms with Gasteiger partial charge in [-0.1, -0.05) is 36.4 Å². The van der Waals surface area contributed by atoms with Gasteiger partial charge in [0.05, 0.1) is 11.7 Å². The Bertz CT molecular complexity index is 1290. The van der Waals surface area contributed by atoms with Crippen LogP contribution in [0.2, 0.25) is 0 Å². The topological polar surface area (TPSA) is 140 Å². The van der Waals surface area contributed by atoms with Crippen molar-refractivity contribution in [1.82, 2.24) is 15.0 Å². The Labute approximate surface area is 184 Å². The highest BCUT2D eigenvalue weighted by Crippen LogP contribution is 2.24. The second-order valence-corrected chi connectivity index (χ2v) is 7.14. The van der Waals surface area contributed by atoms with Crippen LogP contribution >= 0.6 is 0 Å². The molecule has 0 aliphatic rings. The van der Waals surface area contributed by atoms with E-state index >= 15 is 0 Å². The maximum absolute atomic E-state index is 12.8. The number of carbonyl (C=O) groups is 2. The molecule has 32 heavy (non-hydrogen) atoms. The lowest BCUT2D eigenvalue weighted by molar-refractivity contribution is 0.0961.